The van der Waals surface area contributed by atoms with Gasteiger partial charge in [0.2, 0.25) is 0 Å². The van der Waals surface area contributed by atoms with Crippen LogP contribution in [0.15, 0.2) is 35.2 Å². The third kappa shape index (κ3) is 4.87. The molecule has 3 rings (SSSR count). The van der Waals surface area contributed by atoms with E-state index in [4.69, 9.17) is 11.6 Å². The van der Waals surface area contributed by atoms with Gasteiger partial charge >= 0.3 is 0 Å². The van der Waals surface area contributed by atoms with Crippen molar-refractivity contribution in [2.24, 2.45) is 0 Å². The Labute approximate surface area is 181 Å². The third-order valence-electron chi connectivity index (χ3n) is 5.34. The number of hydrogen-bond donors (Lipinski definition) is 3. The maximum absolute atomic E-state index is 13.4. The number of halogens is 4. The van der Waals surface area contributed by atoms with Crippen LogP contribution in [0.25, 0.3) is 0 Å². The van der Waals surface area contributed by atoms with Crippen LogP contribution in [0, 0.1) is 17.5 Å². The van der Waals surface area contributed by atoms with E-state index >= 15 is 0 Å². The van der Waals surface area contributed by atoms with E-state index in [1.807, 2.05) is 0 Å². The molecule has 1 amide bonds. The molecule has 0 bridgehead atoms. The number of hydrogen-bond acceptors (Lipinski definition) is 5. The molecule has 0 saturated heterocycles. The number of aliphatic hydroxyl groups excluding tert-OH is 1. The summed E-state index contributed by atoms with van der Waals surface area (Å²) in [5, 5.41) is 20.5. The molecular formula is C20H19ClF3NO5S. The molecule has 0 spiro atoms. The largest absolute Gasteiger partial charge is 0.393 e. The number of anilines is 1. The summed E-state index contributed by atoms with van der Waals surface area (Å²) in [6.45, 7) is -0.471. The van der Waals surface area contributed by atoms with Crippen LogP contribution in [0.2, 0.25) is 5.02 Å². The number of carbonyl (C=O) groups excluding carboxylic acids is 1. The van der Waals surface area contributed by atoms with E-state index in [2.05, 4.69) is 5.32 Å². The molecule has 0 radical (unpaired) electrons. The van der Waals surface area contributed by atoms with Gasteiger partial charge in [-0.2, -0.15) is 0 Å². The summed E-state index contributed by atoms with van der Waals surface area (Å²) in [6.07, 6.45) is 0.375. The molecule has 168 valence electrons. The minimum atomic E-state index is -3.97. The highest BCUT2D eigenvalue weighted by Gasteiger charge is 2.39. The highest BCUT2D eigenvalue weighted by atomic mass is 35.5. The number of benzene rings is 2. The monoisotopic (exact) mass is 477 g/mol. The second-order valence-corrected chi connectivity index (χ2v) is 10.1. The van der Waals surface area contributed by atoms with Crippen molar-refractivity contribution in [2.75, 3.05) is 11.9 Å². The maximum atomic E-state index is 13.4. The summed E-state index contributed by atoms with van der Waals surface area (Å²) < 4.78 is 65.9. The van der Waals surface area contributed by atoms with Gasteiger partial charge in [-0.15, -0.1) is 0 Å². The number of carbonyl (C=O) groups is 1. The van der Waals surface area contributed by atoms with E-state index in [9.17, 15) is 36.6 Å². The Morgan fingerprint density at radius 1 is 1.13 bits per heavy atom. The first-order chi connectivity index (χ1) is 14.5. The van der Waals surface area contributed by atoms with E-state index in [-0.39, 0.29) is 46.9 Å². The summed E-state index contributed by atoms with van der Waals surface area (Å²) in [5.74, 6) is -5.54. The Morgan fingerprint density at radius 2 is 1.71 bits per heavy atom. The van der Waals surface area contributed by atoms with Crippen LogP contribution in [-0.2, 0) is 9.84 Å². The van der Waals surface area contributed by atoms with Crippen molar-refractivity contribution in [3.05, 3.63) is 58.4 Å². The van der Waals surface area contributed by atoms with E-state index < -0.39 is 50.7 Å². The number of amides is 1. The Morgan fingerprint density at radius 3 is 2.26 bits per heavy atom. The van der Waals surface area contributed by atoms with Crippen LogP contribution in [0.5, 0.6) is 0 Å². The molecule has 1 saturated carbocycles. The van der Waals surface area contributed by atoms with Crippen LogP contribution in [-0.4, -0.2) is 42.0 Å². The molecule has 11 heteroatoms. The molecule has 1 fully saturated rings. The lowest BCUT2D eigenvalue weighted by Crippen LogP contribution is -2.41. The van der Waals surface area contributed by atoms with Crippen LogP contribution in [0.1, 0.15) is 36.0 Å². The van der Waals surface area contributed by atoms with Crippen molar-refractivity contribution in [2.45, 2.75) is 41.4 Å². The first kappa shape index (κ1) is 23.5. The zero-order valence-corrected chi connectivity index (χ0v) is 17.6. The van der Waals surface area contributed by atoms with E-state index in [0.717, 1.165) is 6.07 Å². The van der Waals surface area contributed by atoms with Gasteiger partial charge < -0.3 is 15.5 Å². The second kappa shape index (κ2) is 8.78. The van der Waals surface area contributed by atoms with Gasteiger partial charge in [0.1, 0.15) is 0 Å². The minimum absolute atomic E-state index is 0.0902. The topological polar surface area (TPSA) is 104 Å². The van der Waals surface area contributed by atoms with Crippen molar-refractivity contribution >= 4 is 33.0 Å². The molecule has 0 aromatic heterocycles. The van der Waals surface area contributed by atoms with Crippen LogP contribution in [0.3, 0.4) is 0 Å². The van der Waals surface area contributed by atoms with Gasteiger partial charge in [-0.3, -0.25) is 4.79 Å². The quantitative estimate of drug-likeness (QED) is 0.572. The van der Waals surface area contributed by atoms with Crippen LogP contribution in [0.4, 0.5) is 18.9 Å². The summed E-state index contributed by atoms with van der Waals surface area (Å²) in [7, 11) is -3.97. The van der Waals surface area contributed by atoms with E-state index in [0.29, 0.717) is 12.1 Å². The summed E-state index contributed by atoms with van der Waals surface area (Å²) in [5.41, 5.74) is -1.82. The van der Waals surface area contributed by atoms with Crippen molar-refractivity contribution in [1.29, 1.82) is 0 Å². The molecule has 31 heavy (non-hydrogen) atoms. The molecular weight excluding hydrogens is 459 g/mol. The van der Waals surface area contributed by atoms with Gasteiger partial charge in [0.15, 0.2) is 27.3 Å². The van der Waals surface area contributed by atoms with E-state index in [1.165, 1.54) is 12.1 Å². The van der Waals surface area contributed by atoms with Gasteiger partial charge in [0.25, 0.3) is 5.91 Å². The lowest BCUT2D eigenvalue weighted by Gasteiger charge is -2.34. The average molecular weight is 478 g/mol. The van der Waals surface area contributed by atoms with Gasteiger partial charge in [-0.25, -0.2) is 21.6 Å². The Hall–Kier alpha value is -2.14. The summed E-state index contributed by atoms with van der Waals surface area (Å²) in [6, 6.07) is 4.68. The second-order valence-electron chi connectivity index (χ2n) is 7.48. The Balaban J connectivity index is 1.85. The van der Waals surface area contributed by atoms with Crippen LogP contribution >= 0.6 is 11.6 Å². The van der Waals surface area contributed by atoms with Crippen molar-refractivity contribution in [3.8, 4) is 0 Å². The first-order valence-electron chi connectivity index (χ1n) is 9.29. The van der Waals surface area contributed by atoms with Gasteiger partial charge in [-0.05, 0) is 43.9 Å². The van der Waals surface area contributed by atoms with Crippen molar-refractivity contribution in [3.63, 3.8) is 0 Å². The molecule has 0 heterocycles. The van der Waals surface area contributed by atoms with Gasteiger partial charge in [-0.1, -0.05) is 11.6 Å². The molecule has 0 atom stereocenters. The molecule has 6 nitrogen and oxygen atoms in total. The first-order valence-corrected chi connectivity index (χ1v) is 11.2. The third-order valence-corrected chi connectivity index (χ3v) is 8.08. The molecule has 0 aliphatic heterocycles. The van der Waals surface area contributed by atoms with Gasteiger partial charge in [0.05, 0.1) is 27.4 Å². The summed E-state index contributed by atoms with van der Waals surface area (Å²) in [4.78, 5) is 12.2. The zero-order chi connectivity index (χ0) is 23.0. The van der Waals surface area contributed by atoms with Gasteiger partial charge in [0, 0.05) is 23.4 Å². The highest BCUT2D eigenvalue weighted by Crippen LogP contribution is 2.36. The molecule has 1 aliphatic rings. The highest BCUT2D eigenvalue weighted by molar-refractivity contribution is 7.92. The zero-order valence-electron chi connectivity index (χ0n) is 16.0. The fourth-order valence-corrected chi connectivity index (χ4v) is 5.76. The normalized spacial score (nSPS) is 21.7. The predicted molar refractivity (Wildman–Crippen MR) is 107 cm³/mol. The molecule has 1 aliphatic carbocycles. The molecule has 2 aromatic carbocycles. The number of sulfone groups is 1. The predicted octanol–water partition coefficient (Wildman–Crippen LogP) is 3.45. The Bertz CT molecular complexity index is 1090. The number of aliphatic hydroxyl groups is 2. The fraction of sp³-hybridized carbons (Fsp3) is 0.350. The van der Waals surface area contributed by atoms with E-state index in [1.54, 1.807) is 0 Å². The van der Waals surface area contributed by atoms with Crippen molar-refractivity contribution < 1.29 is 36.6 Å². The lowest BCUT2D eigenvalue weighted by molar-refractivity contribution is -0.0413. The molecule has 3 N–H and O–H groups in total. The average Bonchev–Trinajstić information content (AvgIpc) is 2.72. The van der Waals surface area contributed by atoms with Crippen molar-refractivity contribution in [1.82, 2.24) is 0 Å². The molecule has 0 unspecified atom stereocenters. The maximum Gasteiger partial charge on any atom is 0.255 e. The lowest BCUT2D eigenvalue weighted by atomic mass is 9.85. The minimum Gasteiger partial charge on any atom is -0.393 e. The standard InChI is InChI=1S/C20H19ClF3NO5S/c21-14-2-1-11(19(27)25-12-8-15(22)18(24)16(23)9-12)7-17(14)31(29,30)13-3-5-20(28,10-26)6-4-13/h1-2,7-9,13,26,28H,3-6,10H2,(H,25,27)/t13-,20+. The smallest absolute Gasteiger partial charge is 0.255 e. The van der Waals surface area contributed by atoms with Crippen LogP contribution < -0.4 is 5.32 Å². The summed E-state index contributed by atoms with van der Waals surface area (Å²) >= 11 is 6.07. The Kier molecular flexibility index (Phi) is 6.66. The number of rotatable bonds is 5. The fourth-order valence-electron chi connectivity index (χ4n) is 3.47. The number of nitrogens with one attached hydrogen (secondary N) is 1. The SMILES string of the molecule is O=C(Nc1cc(F)c(F)c(F)c1)c1ccc(Cl)c(S(=O)(=O)[C@H]2CC[C@](O)(CO)CC2)c1. The molecule has 2 aromatic rings.